The van der Waals surface area contributed by atoms with Gasteiger partial charge in [-0.3, -0.25) is 4.79 Å². The first kappa shape index (κ1) is 17.8. The Labute approximate surface area is 145 Å². The first-order valence-electron chi connectivity index (χ1n) is 7.32. The maximum Gasteiger partial charge on any atom is 0.338 e. The molecular formula is C18H18ClNO4. The van der Waals surface area contributed by atoms with Crippen LogP contribution in [0.25, 0.3) is 0 Å². The molecule has 0 aromatic heterocycles. The minimum Gasteiger partial charge on any atom is -0.495 e. The van der Waals surface area contributed by atoms with Crippen LogP contribution in [0.5, 0.6) is 5.75 Å². The van der Waals surface area contributed by atoms with Gasteiger partial charge < -0.3 is 14.8 Å². The third-order valence-electron chi connectivity index (χ3n) is 3.33. The van der Waals surface area contributed by atoms with Crippen molar-refractivity contribution in [1.29, 1.82) is 0 Å². The molecule has 0 aliphatic carbocycles. The van der Waals surface area contributed by atoms with E-state index in [4.69, 9.17) is 21.1 Å². The van der Waals surface area contributed by atoms with Crippen molar-refractivity contribution < 1.29 is 19.1 Å². The number of hydrogen-bond donors (Lipinski definition) is 1. The topological polar surface area (TPSA) is 64.6 Å². The van der Waals surface area contributed by atoms with E-state index in [0.717, 1.165) is 5.56 Å². The number of carbonyl (C=O) groups excluding carboxylic acids is 2. The number of methoxy groups -OCH3 is 1. The van der Waals surface area contributed by atoms with Gasteiger partial charge >= 0.3 is 5.97 Å². The fraction of sp³-hybridized carbons (Fsp3) is 0.222. The summed E-state index contributed by atoms with van der Waals surface area (Å²) < 4.78 is 10.2. The number of carbonyl (C=O) groups is 2. The van der Waals surface area contributed by atoms with E-state index in [1.165, 1.54) is 14.0 Å². The normalized spacial score (nSPS) is 11.5. The first-order chi connectivity index (χ1) is 11.4. The summed E-state index contributed by atoms with van der Waals surface area (Å²) in [6.45, 7) is 3.38. The van der Waals surface area contributed by atoms with Gasteiger partial charge in [-0.2, -0.15) is 0 Å². The van der Waals surface area contributed by atoms with Crippen molar-refractivity contribution in [3.8, 4) is 5.75 Å². The van der Waals surface area contributed by atoms with Gasteiger partial charge in [0.1, 0.15) is 5.75 Å². The van der Waals surface area contributed by atoms with Gasteiger partial charge in [-0.25, -0.2) is 4.79 Å². The summed E-state index contributed by atoms with van der Waals surface area (Å²) in [4.78, 5) is 24.2. The molecule has 0 saturated heterocycles. The molecule has 2 rings (SSSR count). The highest BCUT2D eigenvalue weighted by atomic mass is 35.5. The van der Waals surface area contributed by atoms with Crippen LogP contribution >= 0.6 is 11.6 Å². The summed E-state index contributed by atoms with van der Waals surface area (Å²) in [6, 6.07) is 11.8. The molecule has 0 radical (unpaired) electrons. The summed E-state index contributed by atoms with van der Waals surface area (Å²) in [5.74, 6) is -0.486. The van der Waals surface area contributed by atoms with Gasteiger partial charge in [0.25, 0.3) is 5.91 Å². The molecule has 0 fully saturated rings. The molecule has 24 heavy (non-hydrogen) atoms. The van der Waals surface area contributed by atoms with Crippen LogP contribution in [-0.2, 0) is 9.53 Å². The summed E-state index contributed by atoms with van der Waals surface area (Å²) in [5.41, 5.74) is 1.83. The fourth-order valence-electron chi connectivity index (χ4n) is 2.04. The lowest BCUT2D eigenvalue weighted by Crippen LogP contribution is -2.30. The van der Waals surface area contributed by atoms with Crippen LogP contribution in [0.4, 0.5) is 5.69 Å². The zero-order chi connectivity index (χ0) is 17.7. The lowest BCUT2D eigenvalue weighted by molar-refractivity contribution is -0.123. The number of esters is 1. The Morgan fingerprint density at radius 3 is 2.54 bits per heavy atom. The van der Waals surface area contributed by atoms with Crippen molar-refractivity contribution in [2.75, 3.05) is 12.4 Å². The second-order valence-corrected chi connectivity index (χ2v) is 5.66. The van der Waals surface area contributed by atoms with E-state index in [2.05, 4.69) is 5.32 Å². The number of aryl methyl sites for hydroxylation is 1. The Hall–Kier alpha value is -2.53. The minimum absolute atomic E-state index is 0.375. The smallest absolute Gasteiger partial charge is 0.338 e. The average Bonchev–Trinajstić information content (AvgIpc) is 2.55. The molecule has 1 atom stereocenters. The highest BCUT2D eigenvalue weighted by Gasteiger charge is 2.19. The van der Waals surface area contributed by atoms with Gasteiger partial charge in [-0.1, -0.05) is 29.3 Å². The van der Waals surface area contributed by atoms with E-state index in [-0.39, 0.29) is 0 Å². The molecule has 2 aromatic rings. The molecule has 2 aromatic carbocycles. The molecule has 1 amide bonds. The number of rotatable bonds is 5. The molecule has 0 spiro atoms. The predicted octanol–water partition coefficient (Wildman–Crippen LogP) is 3.84. The third kappa shape index (κ3) is 4.49. The third-order valence-corrected chi connectivity index (χ3v) is 3.62. The lowest BCUT2D eigenvalue weighted by atomic mass is 10.1. The van der Waals surface area contributed by atoms with Crippen molar-refractivity contribution in [1.82, 2.24) is 0 Å². The Balaban J connectivity index is 1.99. The summed E-state index contributed by atoms with van der Waals surface area (Å²) in [7, 11) is 1.51. The molecule has 5 nitrogen and oxygen atoms in total. The highest BCUT2D eigenvalue weighted by Crippen LogP contribution is 2.27. The van der Waals surface area contributed by atoms with Gasteiger partial charge in [0.15, 0.2) is 6.10 Å². The van der Waals surface area contributed by atoms with E-state index in [1.54, 1.807) is 36.4 Å². The lowest BCUT2D eigenvalue weighted by Gasteiger charge is -2.14. The zero-order valence-electron chi connectivity index (χ0n) is 13.6. The second kappa shape index (κ2) is 7.84. The molecule has 0 saturated carbocycles. The van der Waals surface area contributed by atoms with Gasteiger partial charge in [0, 0.05) is 5.69 Å². The Kier molecular flexibility index (Phi) is 5.82. The number of halogens is 1. The van der Waals surface area contributed by atoms with Crippen molar-refractivity contribution in [2.45, 2.75) is 20.0 Å². The van der Waals surface area contributed by atoms with Crippen LogP contribution in [0.3, 0.4) is 0 Å². The largest absolute Gasteiger partial charge is 0.495 e. The standard InChI is InChI=1S/C18H18ClNO4/c1-11-5-4-6-13(9-11)18(22)24-12(2)17(21)20-14-7-8-16(23-3)15(19)10-14/h4-10,12H,1-3H3,(H,20,21). The quantitative estimate of drug-likeness (QED) is 0.834. The summed E-state index contributed by atoms with van der Waals surface area (Å²) in [6.07, 6.45) is -0.945. The van der Waals surface area contributed by atoms with Crippen LogP contribution in [0.2, 0.25) is 5.02 Å². The van der Waals surface area contributed by atoms with E-state index in [0.29, 0.717) is 22.0 Å². The summed E-state index contributed by atoms with van der Waals surface area (Å²) in [5, 5.41) is 3.02. The number of benzene rings is 2. The maximum atomic E-state index is 12.1. The van der Waals surface area contributed by atoms with Crippen LogP contribution in [-0.4, -0.2) is 25.1 Å². The van der Waals surface area contributed by atoms with Crippen LogP contribution in [0, 0.1) is 6.92 Å². The molecular weight excluding hydrogens is 330 g/mol. The van der Waals surface area contributed by atoms with Gasteiger partial charge in [0.05, 0.1) is 17.7 Å². The fourth-order valence-corrected chi connectivity index (χ4v) is 2.30. The van der Waals surface area contributed by atoms with Crippen LogP contribution in [0.15, 0.2) is 42.5 Å². The predicted molar refractivity (Wildman–Crippen MR) is 92.7 cm³/mol. The van der Waals surface area contributed by atoms with E-state index in [1.807, 2.05) is 13.0 Å². The Morgan fingerprint density at radius 2 is 1.92 bits per heavy atom. The van der Waals surface area contributed by atoms with Crippen molar-refractivity contribution in [2.24, 2.45) is 0 Å². The number of hydrogen-bond acceptors (Lipinski definition) is 4. The molecule has 6 heteroatoms. The average molecular weight is 348 g/mol. The number of nitrogens with one attached hydrogen (secondary N) is 1. The molecule has 0 aliphatic rings. The summed E-state index contributed by atoms with van der Waals surface area (Å²) >= 11 is 6.01. The molecule has 1 N–H and O–H groups in total. The van der Waals surface area contributed by atoms with E-state index < -0.39 is 18.0 Å². The Morgan fingerprint density at radius 1 is 1.17 bits per heavy atom. The molecule has 0 heterocycles. The maximum absolute atomic E-state index is 12.1. The van der Waals surface area contributed by atoms with Crippen LogP contribution < -0.4 is 10.1 Å². The molecule has 1 unspecified atom stereocenters. The highest BCUT2D eigenvalue weighted by molar-refractivity contribution is 6.32. The van der Waals surface area contributed by atoms with Gasteiger partial charge in [-0.15, -0.1) is 0 Å². The molecule has 0 aliphatic heterocycles. The number of anilines is 1. The van der Waals surface area contributed by atoms with Gasteiger partial charge in [0.2, 0.25) is 0 Å². The van der Waals surface area contributed by atoms with Crippen molar-refractivity contribution in [3.05, 3.63) is 58.6 Å². The zero-order valence-corrected chi connectivity index (χ0v) is 14.4. The van der Waals surface area contributed by atoms with Crippen molar-refractivity contribution in [3.63, 3.8) is 0 Å². The minimum atomic E-state index is -0.945. The number of ether oxygens (including phenoxy) is 2. The van der Waals surface area contributed by atoms with Gasteiger partial charge in [-0.05, 0) is 44.2 Å². The molecule has 0 bridgehead atoms. The van der Waals surface area contributed by atoms with Crippen molar-refractivity contribution >= 4 is 29.2 Å². The van der Waals surface area contributed by atoms with E-state index in [9.17, 15) is 9.59 Å². The monoisotopic (exact) mass is 347 g/mol. The Bertz CT molecular complexity index is 760. The van der Waals surface area contributed by atoms with E-state index >= 15 is 0 Å². The molecule has 126 valence electrons. The second-order valence-electron chi connectivity index (χ2n) is 5.26. The first-order valence-corrected chi connectivity index (χ1v) is 7.70. The SMILES string of the molecule is COc1ccc(NC(=O)C(C)OC(=O)c2cccc(C)c2)cc1Cl. The number of amides is 1. The van der Waals surface area contributed by atoms with Crippen LogP contribution in [0.1, 0.15) is 22.8 Å².